The van der Waals surface area contributed by atoms with Crippen LogP contribution in [0.1, 0.15) is 75.2 Å². The monoisotopic (exact) mass is 453 g/mol. The number of carbonyl (C=O) groups excluding carboxylic acids is 1. The number of rotatable bonds is 6. The third kappa shape index (κ3) is 26.1. The van der Waals surface area contributed by atoms with E-state index in [9.17, 15) is 4.79 Å². The average Bonchev–Trinajstić information content (AvgIpc) is 3.11. The Labute approximate surface area is 201 Å². The quantitative estimate of drug-likeness (QED) is 0.254. The first-order valence-corrected chi connectivity index (χ1v) is 11.4. The van der Waals surface area contributed by atoms with Crippen LogP contribution in [0.3, 0.4) is 0 Å². The summed E-state index contributed by atoms with van der Waals surface area (Å²) in [6.07, 6.45) is 10.2. The smallest absolute Gasteiger partial charge is 0.333 e. The number of esters is 1. The summed E-state index contributed by atoms with van der Waals surface area (Å²) < 4.78 is 10.8. The second-order valence-corrected chi connectivity index (χ2v) is 7.56. The Kier molecular flexibility index (Phi) is 34.3. The van der Waals surface area contributed by atoms with Crippen molar-refractivity contribution < 1.29 is 14.3 Å². The van der Waals surface area contributed by atoms with Gasteiger partial charge < -0.3 is 14.8 Å². The fourth-order valence-electron chi connectivity index (χ4n) is 2.42. The van der Waals surface area contributed by atoms with Crippen LogP contribution < -0.4 is 5.32 Å². The minimum absolute atomic E-state index is 0.0816. The Hall–Kier alpha value is -1.91. The molecule has 1 fully saturated rings. The van der Waals surface area contributed by atoms with Gasteiger partial charge in [-0.15, -0.1) is 0 Å². The van der Waals surface area contributed by atoms with Gasteiger partial charge in [-0.1, -0.05) is 98.2 Å². The maximum absolute atomic E-state index is 11.3. The molecule has 1 saturated heterocycles. The van der Waals surface area contributed by atoms with Gasteiger partial charge >= 0.3 is 5.97 Å². The van der Waals surface area contributed by atoms with Gasteiger partial charge in [0.25, 0.3) is 0 Å². The second kappa shape index (κ2) is 27.1. The van der Waals surface area contributed by atoms with Gasteiger partial charge in [0.1, 0.15) is 6.10 Å². The van der Waals surface area contributed by atoms with Crippen LogP contribution in [0.15, 0.2) is 62.3 Å². The van der Waals surface area contributed by atoms with E-state index in [0.717, 1.165) is 6.42 Å². The molecule has 32 heavy (non-hydrogen) atoms. The molecule has 1 unspecified atom stereocenters. The summed E-state index contributed by atoms with van der Waals surface area (Å²) >= 11 is 0. The molecule has 0 aliphatic carbocycles. The molecule has 0 saturated carbocycles. The number of ether oxygens (including phenoxy) is 2. The normalized spacial score (nSPS) is 14.2. The van der Waals surface area contributed by atoms with E-state index in [4.69, 9.17) is 9.47 Å². The highest BCUT2D eigenvalue weighted by Gasteiger charge is 2.42. The van der Waals surface area contributed by atoms with Gasteiger partial charge in [-0.05, 0) is 41.3 Å². The standard InChI is InChI=1S/C13H22O3.C5H8.C4H6.C2H7N.2C2H6/c1-9-7-10(16-11(9)14)12(2,3)8-13(4,5)15-6;1-3-5-4-2;1-3-4-2;1-3-2;2*1-2/h10H,1,7-8H2,2-6H3;3-5H,1H2,2H3;3-4H,1-2H2;3H,1-2H3;2*1-2H3/b;5-4-;;;;. The van der Waals surface area contributed by atoms with E-state index in [0.29, 0.717) is 12.0 Å². The zero-order valence-electron chi connectivity index (χ0n) is 23.4. The molecule has 1 rings (SSSR count). The lowest BCUT2D eigenvalue weighted by Crippen LogP contribution is -2.38. The Bertz CT molecular complexity index is 481. The van der Waals surface area contributed by atoms with Gasteiger partial charge in [0.2, 0.25) is 0 Å². The van der Waals surface area contributed by atoms with Crippen molar-refractivity contribution in [2.24, 2.45) is 5.41 Å². The third-order valence-electron chi connectivity index (χ3n) is 3.77. The zero-order chi connectivity index (χ0) is 26.8. The average molecular weight is 454 g/mol. The summed E-state index contributed by atoms with van der Waals surface area (Å²) in [7, 11) is 5.45. The number of hydrogen-bond donors (Lipinski definition) is 1. The van der Waals surface area contributed by atoms with Crippen molar-refractivity contribution in [1.29, 1.82) is 0 Å². The maximum atomic E-state index is 11.3. The molecule has 190 valence electrons. The van der Waals surface area contributed by atoms with Gasteiger partial charge in [-0.2, -0.15) is 0 Å². The Morgan fingerprint density at radius 2 is 1.44 bits per heavy atom. The van der Waals surface area contributed by atoms with Gasteiger partial charge in [-0.3, -0.25) is 0 Å². The zero-order valence-corrected chi connectivity index (χ0v) is 23.4. The van der Waals surface area contributed by atoms with Gasteiger partial charge in [0, 0.05) is 24.5 Å². The van der Waals surface area contributed by atoms with Crippen LogP contribution in [0.25, 0.3) is 0 Å². The van der Waals surface area contributed by atoms with Crippen LogP contribution in [0.5, 0.6) is 0 Å². The van der Waals surface area contributed by atoms with Crippen molar-refractivity contribution in [1.82, 2.24) is 5.32 Å². The molecule has 0 spiro atoms. The summed E-state index contributed by atoms with van der Waals surface area (Å²) in [6, 6.07) is 0. The van der Waals surface area contributed by atoms with Crippen LogP contribution in [0.4, 0.5) is 0 Å². The summed E-state index contributed by atoms with van der Waals surface area (Å²) in [5, 5.41) is 2.75. The molecule has 0 aromatic heterocycles. The second-order valence-electron chi connectivity index (χ2n) is 7.56. The predicted octanol–water partition coefficient (Wildman–Crippen LogP) is 7.69. The van der Waals surface area contributed by atoms with Crippen molar-refractivity contribution >= 4 is 5.97 Å². The van der Waals surface area contributed by atoms with Crippen LogP contribution >= 0.6 is 0 Å². The molecule has 1 aliphatic rings. The number of nitrogens with one attached hydrogen (secondary N) is 1. The maximum Gasteiger partial charge on any atom is 0.333 e. The SMILES string of the molecule is C=C/C=C\C.C=C1CC(C(C)(C)CC(C)(C)OC)OC1=O.C=CC=C.CC.CC.CNC. The van der Waals surface area contributed by atoms with Crippen molar-refractivity contribution in [3.05, 3.63) is 62.3 Å². The predicted molar refractivity (Wildman–Crippen MR) is 146 cm³/mol. The molecular formula is C28H55NO3. The summed E-state index contributed by atoms with van der Waals surface area (Å²) in [5.41, 5.74) is 0.266. The third-order valence-corrected chi connectivity index (χ3v) is 3.77. The van der Waals surface area contributed by atoms with Gasteiger partial charge in [0.05, 0.1) is 5.60 Å². The van der Waals surface area contributed by atoms with E-state index in [-0.39, 0.29) is 23.1 Å². The number of carbonyl (C=O) groups is 1. The van der Waals surface area contributed by atoms with Gasteiger partial charge in [-0.25, -0.2) is 4.79 Å². The topological polar surface area (TPSA) is 47.6 Å². The van der Waals surface area contributed by atoms with E-state index < -0.39 is 0 Å². The molecule has 0 aromatic carbocycles. The number of hydrogen-bond acceptors (Lipinski definition) is 4. The molecule has 0 aromatic rings. The lowest BCUT2D eigenvalue weighted by atomic mass is 9.76. The van der Waals surface area contributed by atoms with E-state index in [1.165, 1.54) is 0 Å². The van der Waals surface area contributed by atoms with E-state index in [2.05, 4.69) is 45.5 Å². The molecule has 0 radical (unpaired) electrons. The fraction of sp³-hybridized carbons (Fsp3) is 0.607. The molecule has 1 heterocycles. The molecule has 0 bridgehead atoms. The van der Waals surface area contributed by atoms with Crippen LogP contribution in [-0.4, -0.2) is 38.9 Å². The van der Waals surface area contributed by atoms with Crippen molar-refractivity contribution in [3.63, 3.8) is 0 Å². The first-order valence-electron chi connectivity index (χ1n) is 11.4. The highest BCUT2D eigenvalue weighted by molar-refractivity contribution is 5.90. The Balaban J connectivity index is -0.000000125. The van der Waals surface area contributed by atoms with E-state index in [1.54, 1.807) is 25.3 Å². The minimum atomic E-state index is -0.256. The molecule has 4 heteroatoms. The van der Waals surface area contributed by atoms with E-state index >= 15 is 0 Å². The fourth-order valence-corrected chi connectivity index (χ4v) is 2.42. The summed E-state index contributed by atoms with van der Waals surface area (Å²) in [5.74, 6) is -0.256. The van der Waals surface area contributed by atoms with Crippen molar-refractivity contribution in [2.45, 2.75) is 86.9 Å². The first-order chi connectivity index (χ1) is 14.9. The number of cyclic esters (lactones) is 1. The largest absolute Gasteiger partial charge is 0.458 e. The van der Waals surface area contributed by atoms with Gasteiger partial charge in [0.15, 0.2) is 0 Å². The lowest BCUT2D eigenvalue weighted by Gasteiger charge is -2.37. The number of methoxy groups -OCH3 is 1. The van der Waals surface area contributed by atoms with Crippen LogP contribution in [-0.2, 0) is 14.3 Å². The molecule has 1 aliphatic heterocycles. The Morgan fingerprint density at radius 3 is 1.62 bits per heavy atom. The van der Waals surface area contributed by atoms with Crippen molar-refractivity contribution in [3.8, 4) is 0 Å². The molecule has 0 amide bonds. The van der Waals surface area contributed by atoms with Crippen LogP contribution in [0, 0.1) is 5.41 Å². The van der Waals surface area contributed by atoms with Crippen LogP contribution in [0.2, 0.25) is 0 Å². The molecule has 1 N–H and O–H groups in total. The molecule has 4 nitrogen and oxygen atoms in total. The first kappa shape index (κ1) is 40.4. The molecular weight excluding hydrogens is 398 g/mol. The molecule has 1 atom stereocenters. The highest BCUT2D eigenvalue weighted by atomic mass is 16.6. The lowest BCUT2D eigenvalue weighted by molar-refractivity contribution is -0.145. The van der Waals surface area contributed by atoms with E-state index in [1.807, 2.05) is 74.7 Å². The Morgan fingerprint density at radius 1 is 1.03 bits per heavy atom. The summed E-state index contributed by atoms with van der Waals surface area (Å²) in [6.45, 7) is 32.1. The minimum Gasteiger partial charge on any atom is -0.458 e. The number of allylic oxidation sites excluding steroid dienone is 5. The summed E-state index contributed by atoms with van der Waals surface area (Å²) in [4.78, 5) is 11.3. The van der Waals surface area contributed by atoms with Crippen molar-refractivity contribution in [2.75, 3.05) is 21.2 Å². The highest BCUT2D eigenvalue weighted by Crippen LogP contribution is 2.39.